The maximum Gasteiger partial charge on any atom is 0.289 e. The molecular weight excluding hydrogens is 302 g/mol. The van der Waals surface area contributed by atoms with Gasteiger partial charge in [0.25, 0.3) is 5.92 Å². The van der Waals surface area contributed by atoms with Gasteiger partial charge >= 0.3 is 0 Å². The van der Waals surface area contributed by atoms with E-state index < -0.39 is 18.6 Å². The van der Waals surface area contributed by atoms with Crippen LogP contribution in [0.15, 0.2) is 24.3 Å². The summed E-state index contributed by atoms with van der Waals surface area (Å²) in [7, 11) is 0. The van der Waals surface area contributed by atoms with Crippen LogP contribution in [0.4, 0.5) is 8.78 Å². The summed E-state index contributed by atoms with van der Waals surface area (Å²) < 4.78 is 34.4. The Bertz CT molecular complexity index is 494. The first-order valence-corrected chi connectivity index (χ1v) is 7.95. The molecule has 0 unspecified atom stereocenters. The number of aliphatic hydroxyl groups excluding tert-OH is 1. The van der Waals surface area contributed by atoms with Crippen LogP contribution < -0.4 is 10.1 Å². The van der Waals surface area contributed by atoms with E-state index in [0.29, 0.717) is 37.5 Å². The minimum absolute atomic E-state index is 0.339. The van der Waals surface area contributed by atoms with Gasteiger partial charge in [0.05, 0.1) is 0 Å². The zero-order valence-corrected chi connectivity index (χ0v) is 14.0. The highest BCUT2D eigenvalue weighted by Crippen LogP contribution is 2.37. The van der Waals surface area contributed by atoms with Crippen molar-refractivity contribution in [2.45, 2.75) is 38.3 Å². The minimum Gasteiger partial charge on any atom is -0.488 e. The van der Waals surface area contributed by atoms with Gasteiger partial charge in [0, 0.05) is 26.2 Å². The highest BCUT2D eigenvalue weighted by molar-refractivity contribution is 5.31. The number of nitrogens with zero attached hydrogens (tertiary/aromatic N) is 1. The molecule has 0 spiro atoms. The lowest BCUT2D eigenvalue weighted by Crippen LogP contribution is -2.51. The first-order chi connectivity index (χ1) is 10.7. The molecule has 6 heteroatoms. The topological polar surface area (TPSA) is 44.7 Å². The van der Waals surface area contributed by atoms with Crippen molar-refractivity contribution in [3.8, 4) is 5.75 Å². The normalized spacial score (nSPS) is 18.7. The predicted molar refractivity (Wildman–Crippen MR) is 86.0 cm³/mol. The van der Waals surface area contributed by atoms with Crippen molar-refractivity contribution < 1.29 is 18.6 Å². The summed E-state index contributed by atoms with van der Waals surface area (Å²) in [4.78, 5) is 1.73. The Morgan fingerprint density at radius 3 is 2.22 bits per heavy atom. The maximum atomic E-state index is 14.3. The van der Waals surface area contributed by atoms with Crippen LogP contribution in [0.25, 0.3) is 0 Å². The Kier molecular flexibility index (Phi) is 5.60. The number of ether oxygens (including phenoxy) is 1. The number of nitrogens with one attached hydrogen (secondary N) is 1. The number of hydrogen-bond donors (Lipinski definition) is 2. The molecule has 4 nitrogen and oxygen atoms in total. The van der Waals surface area contributed by atoms with E-state index in [1.54, 1.807) is 29.2 Å². The van der Waals surface area contributed by atoms with Gasteiger partial charge in [-0.2, -0.15) is 0 Å². The van der Waals surface area contributed by atoms with E-state index in [1.807, 2.05) is 20.8 Å². The van der Waals surface area contributed by atoms with Crippen LogP contribution in [0, 0.1) is 0 Å². The summed E-state index contributed by atoms with van der Waals surface area (Å²) in [6.45, 7) is 7.04. The lowest BCUT2D eigenvalue weighted by molar-refractivity contribution is -0.118. The molecule has 1 heterocycles. The first kappa shape index (κ1) is 18.1. The van der Waals surface area contributed by atoms with Crippen LogP contribution in [-0.2, 0) is 0 Å². The Hall–Kier alpha value is -1.24. The number of benzene rings is 1. The molecule has 130 valence electrons. The molecule has 0 radical (unpaired) electrons. The third-order valence-electron chi connectivity index (χ3n) is 3.75. The van der Waals surface area contributed by atoms with Crippen LogP contribution in [0.5, 0.6) is 5.75 Å². The predicted octanol–water partition coefficient (Wildman–Crippen LogP) is 2.44. The van der Waals surface area contributed by atoms with Crippen molar-refractivity contribution in [3.05, 3.63) is 29.8 Å². The molecule has 1 aromatic carbocycles. The van der Waals surface area contributed by atoms with Gasteiger partial charge in [0.1, 0.15) is 24.0 Å². The SMILES string of the molecule is CC(C)(C)Oc1ccc([C@@H](N2CCNCC2)C(F)(F)CO)cc1. The number of halogens is 2. The Morgan fingerprint density at radius 2 is 1.74 bits per heavy atom. The molecule has 1 saturated heterocycles. The number of alkyl halides is 2. The zero-order chi connectivity index (χ0) is 17.1. The molecule has 0 bridgehead atoms. The molecule has 2 rings (SSSR count). The van der Waals surface area contributed by atoms with Gasteiger partial charge in [0.15, 0.2) is 0 Å². The molecule has 1 fully saturated rings. The molecule has 1 atom stereocenters. The van der Waals surface area contributed by atoms with Crippen LogP contribution >= 0.6 is 0 Å². The van der Waals surface area contributed by atoms with Crippen LogP contribution in [0.3, 0.4) is 0 Å². The molecule has 0 amide bonds. The van der Waals surface area contributed by atoms with Crippen molar-refractivity contribution in [2.75, 3.05) is 32.8 Å². The van der Waals surface area contributed by atoms with Crippen molar-refractivity contribution >= 4 is 0 Å². The number of rotatable bonds is 5. The van der Waals surface area contributed by atoms with Gasteiger partial charge in [-0.15, -0.1) is 0 Å². The third-order valence-corrected chi connectivity index (χ3v) is 3.75. The molecular formula is C17H26F2N2O2. The quantitative estimate of drug-likeness (QED) is 0.871. The molecule has 1 aromatic rings. The minimum atomic E-state index is -3.19. The maximum absolute atomic E-state index is 14.3. The van der Waals surface area contributed by atoms with Gasteiger partial charge in [-0.05, 0) is 38.5 Å². The molecule has 23 heavy (non-hydrogen) atoms. The standard InChI is InChI=1S/C17H26F2N2O2/c1-16(2,3)23-14-6-4-13(5-7-14)15(17(18,19)12-22)21-10-8-20-9-11-21/h4-7,15,20,22H,8-12H2,1-3H3/t15-/m1/s1. The number of hydrogen-bond acceptors (Lipinski definition) is 4. The molecule has 1 aliphatic heterocycles. The summed E-state index contributed by atoms with van der Waals surface area (Å²) in [5.74, 6) is -2.54. The van der Waals surface area contributed by atoms with Crippen LogP contribution in [0.1, 0.15) is 32.4 Å². The van der Waals surface area contributed by atoms with Crippen molar-refractivity contribution in [1.82, 2.24) is 10.2 Å². The second-order valence-electron chi connectivity index (χ2n) is 6.89. The van der Waals surface area contributed by atoms with E-state index in [2.05, 4.69) is 5.32 Å². The van der Waals surface area contributed by atoms with E-state index >= 15 is 0 Å². The first-order valence-electron chi connectivity index (χ1n) is 7.95. The van der Waals surface area contributed by atoms with E-state index in [-0.39, 0.29) is 5.60 Å². The van der Waals surface area contributed by atoms with Gasteiger partial charge in [0.2, 0.25) is 0 Å². The second-order valence-corrected chi connectivity index (χ2v) is 6.89. The molecule has 0 aliphatic carbocycles. The fourth-order valence-corrected chi connectivity index (χ4v) is 2.82. The Morgan fingerprint density at radius 1 is 1.17 bits per heavy atom. The van der Waals surface area contributed by atoms with Crippen LogP contribution in [0.2, 0.25) is 0 Å². The van der Waals surface area contributed by atoms with Crippen molar-refractivity contribution in [2.24, 2.45) is 0 Å². The average Bonchev–Trinajstić information content (AvgIpc) is 2.49. The second kappa shape index (κ2) is 7.11. The number of piperazine rings is 1. The fourth-order valence-electron chi connectivity index (χ4n) is 2.82. The monoisotopic (exact) mass is 328 g/mol. The zero-order valence-electron chi connectivity index (χ0n) is 14.0. The van der Waals surface area contributed by atoms with Gasteiger partial charge in [-0.25, -0.2) is 8.78 Å². The number of aliphatic hydroxyl groups is 1. The summed E-state index contributed by atoms with van der Waals surface area (Å²) >= 11 is 0. The van der Waals surface area contributed by atoms with Gasteiger partial charge in [-0.1, -0.05) is 12.1 Å². The van der Waals surface area contributed by atoms with E-state index in [9.17, 15) is 8.78 Å². The Balaban J connectivity index is 2.24. The highest BCUT2D eigenvalue weighted by Gasteiger charge is 2.43. The van der Waals surface area contributed by atoms with E-state index in [0.717, 1.165) is 0 Å². The Labute approximate surface area is 136 Å². The summed E-state index contributed by atoms with van der Waals surface area (Å²) in [6, 6.07) is 5.62. The molecule has 0 saturated carbocycles. The lowest BCUT2D eigenvalue weighted by Gasteiger charge is -2.38. The van der Waals surface area contributed by atoms with Crippen molar-refractivity contribution in [3.63, 3.8) is 0 Å². The van der Waals surface area contributed by atoms with E-state index in [1.165, 1.54) is 0 Å². The molecule has 0 aromatic heterocycles. The van der Waals surface area contributed by atoms with Crippen molar-refractivity contribution in [1.29, 1.82) is 0 Å². The summed E-state index contributed by atoms with van der Waals surface area (Å²) in [5, 5.41) is 12.3. The lowest BCUT2D eigenvalue weighted by atomic mass is 9.98. The van der Waals surface area contributed by atoms with E-state index in [4.69, 9.17) is 9.84 Å². The van der Waals surface area contributed by atoms with Gasteiger partial charge < -0.3 is 15.2 Å². The summed E-state index contributed by atoms with van der Waals surface area (Å²) in [6.07, 6.45) is 0. The smallest absolute Gasteiger partial charge is 0.289 e. The third kappa shape index (κ3) is 4.86. The summed E-state index contributed by atoms with van der Waals surface area (Å²) in [5.41, 5.74) is 0.154. The average molecular weight is 328 g/mol. The largest absolute Gasteiger partial charge is 0.488 e. The molecule has 2 N–H and O–H groups in total. The highest BCUT2D eigenvalue weighted by atomic mass is 19.3. The van der Waals surface area contributed by atoms with Crippen LogP contribution in [-0.4, -0.2) is 54.3 Å². The fraction of sp³-hybridized carbons (Fsp3) is 0.647. The van der Waals surface area contributed by atoms with Gasteiger partial charge in [-0.3, -0.25) is 4.90 Å². The molecule has 1 aliphatic rings.